The van der Waals surface area contributed by atoms with E-state index in [1.165, 1.54) is 49.5 Å². The zero-order valence-electron chi connectivity index (χ0n) is 12.9. The van der Waals surface area contributed by atoms with E-state index in [1.807, 2.05) is 0 Å². The summed E-state index contributed by atoms with van der Waals surface area (Å²) in [6.45, 7) is 10.9. The lowest BCUT2D eigenvalue weighted by Gasteiger charge is -2.48. The number of rotatable bonds is 2. The molecule has 2 aliphatic heterocycles. The van der Waals surface area contributed by atoms with Gasteiger partial charge >= 0.3 is 0 Å². The third kappa shape index (κ3) is 3.23. The first-order valence-electron chi connectivity index (χ1n) is 7.74. The molecule has 0 bridgehead atoms. The number of likely N-dealkylation sites (tertiary alicyclic amines) is 1. The standard InChI is InChI=1S/C16H26N2OS/c1-13-17-14(11-20-13)10-18-8-6-16(7-9-18)5-4-15(2,3)19-12-16/h11H,4-10,12H2,1-3H3. The summed E-state index contributed by atoms with van der Waals surface area (Å²) in [5.41, 5.74) is 1.80. The quantitative estimate of drug-likeness (QED) is 0.833. The molecule has 1 aromatic heterocycles. The van der Waals surface area contributed by atoms with Crippen molar-refractivity contribution in [3.05, 3.63) is 16.1 Å². The number of aryl methyl sites for hydroxylation is 1. The van der Waals surface area contributed by atoms with Crippen molar-refractivity contribution < 1.29 is 4.74 Å². The van der Waals surface area contributed by atoms with Crippen LogP contribution in [0.25, 0.3) is 0 Å². The van der Waals surface area contributed by atoms with Gasteiger partial charge in [-0.25, -0.2) is 4.98 Å². The van der Waals surface area contributed by atoms with Crippen molar-refractivity contribution in [3.8, 4) is 0 Å². The zero-order chi connectivity index (χ0) is 14.2. The Balaban J connectivity index is 1.52. The van der Waals surface area contributed by atoms with Gasteiger partial charge in [0.25, 0.3) is 0 Å². The largest absolute Gasteiger partial charge is 0.375 e. The summed E-state index contributed by atoms with van der Waals surface area (Å²) in [4.78, 5) is 7.14. The number of ether oxygens (including phenoxy) is 1. The van der Waals surface area contributed by atoms with Crippen molar-refractivity contribution in [3.63, 3.8) is 0 Å². The molecule has 0 radical (unpaired) electrons. The lowest BCUT2D eigenvalue weighted by molar-refractivity contribution is -0.129. The van der Waals surface area contributed by atoms with E-state index >= 15 is 0 Å². The topological polar surface area (TPSA) is 25.4 Å². The average Bonchev–Trinajstić information content (AvgIpc) is 2.82. The van der Waals surface area contributed by atoms with Crippen LogP contribution >= 0.6 is 11.3 Å². The van der Waals surface area contributed by atoms with Gasteiger partial charge in [-0.3, -0.25) is 4.90 Å². The van der Waals surface area contributed by atoms with Gasteiger partial charge in [0, 0.05) is 11.9 Å². The summed E-state index contributed by atoms with van der Waals surface area (Å²) in [7, 11) is 0. The van der Waals surface area contributed by atoms with Crippen LogP contribution < -0.4 is 0 Å². The minimum atomic E-state index is 0.0977. The lowest BCUT2D eigenvalue weighted by atomic mass is 9.72. The Kier molecular flexibility index (Phi) is 3.91. The van der Waals surface area contributed by atoms with Crippen LogP contribution in [0, 0.1) is 12.3 Å². The van der Waals surface area contributed by atoms with Crippen molar-refractivity contribution in [2.24, 2.45) is 5.41 Å². The van der Waals surface area contributed by atoms with Crippen LogP contribution in [0.2, 0.25) is 0 Å². The normalized spacial score (nSPS) is 25.9. The van der Waals surface area contributed by atoms with Gasteiger partial charge in [0.1, 0.15) is 0 Å². The first-order valence-corrected chi connectivity index (χ1v) is 8.62. The summed E-state index contributed by atoms with van der Waals surface area (Å²) in [5, 5.41) is 3.38. The Hall–Kier alpha value is -0.450. The second-order valence-corrected chi connectivity index (χ2v) is 8.24. The number of hydrogen-bond acceptors (Lipinski definition) is 4. The lowest BCUT2D eigenvalue weighted by Crippen LogP contribution is -2.47. The molecule has 3 nitrogen and oxygen atoms in total. The van der Waals surface area contributed by atoms with Crippen molar-refractivity contribution in [2.45, 2.75) is 58.6 Å². The molecule has 0 unspecified atom stereocenters. The van der Waals surface area contributed by atoms with Crippen molar-refractivity contribution in [2.75, 3.05) is 19.7 Å². The van der Waals surface area contributed by atoms with Gasteiger partial charge in [0.2, 0.25) is 0 Å². The van der Waals surface area contributed by atoms with Crippen LogP contribution in [0.1, 0.15) is 50.2 Å². The molecule has 1 spiro atoms. The maximum absolute atomic E-state index is 6.09. The van der Waals surface area contributed by atoms with E-state index in [0.717, 1.165) is 13.2 Å². The third-order valence-corrected chi connectivity index (χ3v) is 5.82. The highest BCUT2D eigenvalue weighted by Crippen LogP contribution is 2.43. The van der Waals surface area contributed by atoms with Gasteiger partial charge in [-0.15, -0.1) is 11.3 Å². The third-order valence-electron chi connectivity index (χ3n) is 5.00. The maximum atomic E-state index is 6.09. The highest BCUT2D eigenvalue weighted by Gasteiger charge is 2.41. The number of nitrogens with zero attached hydrogens (tertiary/aromatic N) is 2. The summed E-state index contributed by atoms with van der Waals surface area (Å²) < 4.78 is 6.09. The smallest absolute Gasteiger partial charge is 0.0897 e. The SMILES string of the molecule is Cc1nc(CN2CCC3(CC2)CCC(C)(C)OC3)cs1. The number of hydrogen-bond donors (Lipinski definition) is 0. The Morgan fingerprint density at radius 2 is 2.00 bits per heavy atom. The molecule has 0 aliphatic carbocycles. The molecule has 0 aromatic carbocycles. The summed E-state index contributed by atoms with van der Waals surface area (Å²) in [6.07, 6.45) is 5.11. The highest BCUT2D eigenvalue weighted by atomic mass is 32.1. The molecule has 2 fully saturated rings. The maximum Gasteiger partial charge on any atom is 0.0897 e. The van der Waals surface area contributed by atoms with Gasteiger partial charge in [0.15, 0.2) is 0 Å². The van der Waals surface area contributed by atoms with E-state index in [1.54, 1.807) is 11.3 Å². The van der Waals surface area contributed by atoms with Crippen LogP contribution in [0.15, 0.2) is 5.38 Å². The molecule has 1 aromatic rings. The molecule has 4 heteroatoms. The number of thiazole rings is 1. The highest BCUT2D eigenvalue weighted by molar-refractivity contribution is 7.09. The van der Waals surface area contributed by atoms with Gasteiger partial charge in [-0.1, -0.05) is 0 Å². The Morgan fingerprint density at radius 3 is 2.55 bits per heavy atom. The first-order chi connectivity index (χ1) is 9.46. The molecule has 3 heterocycles. The summed E-state index contributed by atoms with van der Waals surface area (Å²) in [5.74, 6) is 0. The van der Waals surface area contributed by atoms with E-state index < -0.39 is 0 Å². The second-order valence-electron chi connectivity index (χ2n) is 7.18. The van der Waals surface area contributed by atoms with Gasteiger partial charge in [0.05, 0.1) is 22.9 Å². The fourth-order valence-electron chi connectivity index (χ4n) is 3.35. The monoisotopic (exact) mass is 294 g/mol. The van der Waals surface area contributed by atoms with Crippen molar-refractivity contribution >= 4 is 11.3 Å². The molecule has 2 saturated heterocycles. The molecule has 0 saturated carbocycles. The Morgan fingerprint density at radius 1 is 1.25 bits per heavy atom. The molecule has 20 heavy (non-hydrogen) atoms. The molecule has 0 N–H and O–H groups in total. The van der Waals surface area contributed by atoms with Crippen molar-refractivity contribution in [1.82, 2.24) is 9.88 Å². The fraction of sp³-hybridized carbons (Fsp3) is 0.812. The average molecular weight is 294 g/mol. The molecule has 3 rings (SSSR count). The number of aromatic nitrogens is 1. The predicted molar refractivity (Wildman–Crippen MR) is 83.1 cm³/mol. The van der Waals surface area contributed by atoms with Crippen LogP contribution in [0.5, 0.6) is 0 Å². The predicted octanol–water partition coefficient (Wildman–Crippen LogP) is 3.62. The van der Waals surface area contributed by atoms with Gasteiger partial charge < -0.3 is 4.74 Å². The zero-order valence-corrected chi connectivity index (χ0v) is 13.8. The molecule has 112 valence electrons. The van der Waals surface area contributed by atoms with Crippen LogP contribution in [0.4, 0.5) is 0 Å². The molecule has 0 amide bonds. The molecule has 0 atom stereocenters. The summed E-state index contributed by atoms with van der Waals surface area (Å²) >= 11 is 1.76. The van der Waals surface area contributed by atoms with Crippen LogP contribution in [-0.2, 0) is 11.3 Å². The number of piperidine rings is 1. The van der Waals surface area contributed by atoms with E-state index in [2.05, 4.69) is 36.0 Å². The van der Waals surface area contributed by atoms with E-state index in [0.29, 0.717) is 5.41 Å². The van der Waals surface area contributed by atoms with E-state index in [4.69, 9.17) is 4.74 Å². The fourth-order valence-corrected chi connectivity index (χ4v) is 3.95. The minimum absolute atomic E-state index is 0.0977. The minimum Gasteiger partial charge on any atom is -0.375 e. The molecular weight excluding hydrogens is 268 g/mol. The van der Waals surface area contributed by atoms with Crippen LogP contribution in [0.3, 0.4) is 0 Å². The van der Waals surface area contributed by atoms with E-state index in [-0.39, 0.29) is 5.60 Å². The van der Waals surface area contributed by atoms with Gasteiger partial charge in [-0.05, 0) is 65.0 Å². The molecule has 2 aliphatic rings. The second kappa shape index (κ2) is 5.39. The van der Waals surface area contributed by atoms with Gasteiger partial charge in [-0.2, -0.15) is 0 Å². The van der Waals surface area contributed by atoms with Crippen molar-refractivity contribution in [1.29, 1.82) is 0 Å². The van der Waals surface area contributed by atoms with E-state index in [9.17, 15) is 0 Å². The first kappa shape index (κ1) is 14.5. The molecular formula is C16H26N2OS. The van der Waals surface area contributed by atoms with Crippen LogP contribution in [-0.4, -0.2) is 35.2 Å². The Bertz CT molecular complexity index is 449. The Labute approximate surface area is 126 Å². The summed E-state index contributed by atoms with van der Waals surface area (Å²) in [6, 6.07) is 0.